The normalized spacial score (nSPS) is 15.6. The molecule has 2 heterocycles. The molecule has 1 aromatic heterocycles. The van der Waals surface area contributed by atoms with E-state index in [1.165, 1.54) is 18.3 Å². The summed E-state index contributed by atoms with van der Waals surface area (Å²) >= 11 is 0. The summed E-state index contributed by atoms with van der Waals surface area (Å²) in [5, 5.41) is 7.29. The van der Waals surface area contributed by atoms with E-state index in [2.05, 4.69) is 10.4 Å². The largest absolute Gasteiger partial charge is 0.337 e. The van der Waals surface area contributed by atoms with Crippen LogP contribution in [0.3, 0.4) is 0 Å². The van der Waals surface area contributed by atoms with Crippen LogP contribution in [-0.4, -0.2) is 46.8 Å². The molecule has 0 unspecified atom stereocenters. The number of benzene rings is 1. The average molecular weight is 320 g/mol. The molecule has 23 heavy (non-hydrogen) atoms. The molecule has 1 saturated heterocycles. The standard InChI is InChI=1S/C16H18F2N4O/c1-21(11-5-8-19-9-6-11)16(23)14-7-10-22(20-14)15-12(17)3-2-4-13(15)18/h2-4,7,10-11,19H,5-6,8-9H2,1H3. The van der Waals surface area contributed by atoms with Crippen molar-refractivity contribution in [3.63, 3.8) is 0 Å². The number of carbonyl (C=O) groups excluding carboxylic acids is 1. The summed E-state index contributed by atoms with van der Waals surface area (Å²) in [6.45, 7) is 1.74. The van der Waals surface area contributed by atoms with Crippen molar-refractivity contribution in [2.24, 2.45) is 0 Å². The second-order valence-corrected chi connectivity index (χ2v) is 5.61. The fourth-order valence-corrected chi connectivity index (χ4v) is 2.81. The Morgan fingerprint density at radius 2 is 1.91 bits per heavy atom. The number of hydrogen-bond donors (Lipinski definition) is 1. The molecule has 3 rings (SSSR count). The van der Waals surface area contributed by atoms with Gasteiger partial charge in [0, 0.05) is 19.3 Å². The van der Waals surface area contributed by atoms with Gasteiger partial charge in [-0.05, 0) is 44.1 Å². The molecule has 1 aliphatic heterocycles. The lowest BCUT2D eigenvalue weighted by Crippen LogP contribution is -2.44. The molecular weight excluding hydrogens is 302 g/mol. The minimum atomic E-state index is -0.723. The lowest BCUT2D eigenvalue weighted by atomic mass is 10.1. The van der Waals surface area contributed by atoms with E-state index < -0.39 is 11.6 Å². The van der Waals surface area contributed by atoms with E-state index in [9.17, 15) is 13.6 Å². The number of amides is 1. The Morgan fingerprint density at radius 3 is 2.57 bits per heavy atom. The maximum absolute atomic E-state index is 13.8. The molecule has 0 saturated carbocycles. The van der Waals surface area contributed by atoms with Crippen molar-refractivity contribution in [3.8, 4) is 5.69 Å². The molecule has 5 nitrogen and oxygen atoms in total. The van der Waals surface area contributed by atoms with Crippen LogP contribution < -0.4 is 5.32 Å². The second kappa shape index (κ2) is 6.45. The predicted molar refractivity (Wildman–Crippen MR) is 81.5 cm³/mol. The summed E-state index contributed by atoms with van der Waals surface area (Å²) in [4.78, 5) is 14.2. The average Bonchev–Trinajstić information content (AvgIpc) is 3.04. The zero-order valence-corrected chi connectivity index (χ0v) is 12.8. The first kappa shape index (κ1) is 15.6. The summed E-state index contributed by atoms with van der Waals surface area (Å²) in [5.74, 6) is -1.69. The summed E-state index contributed by atoms with van der Waals surface area (Å²) in [7, 11) is 1.74. The zero-order chi connectivity index (χ0) is 16.4. The number of rotatable bonds is 3. The lowest BCUT2D eigenvalue weighted by Gasteiger charge is -2.31. The number of nitrogens with one attached hydrogen (secondary N) is 1. The molecule has 1 N–H and O–H groups in total. The monoisotopic (exact) mass is 320 g/mol. The first-order valence-corrected chi connectivity index (χ1v) is 7.56. The number of piperidine rings is 1. The summed E-state index contributed by atoms with van der Waals surface area (Å²) in [6, 6.07) is 5.23. The Labute approximate surface area is 132 Å². The van der Waals surface area contributed by atoms with Crippen molar-refractivity contribution in [3.05, 3.63) is 47.8 Å². The van der Waals surface area contributed by atoms with Crippen LogP contribution in [-0.2, 0) is 0 Å². The summed E-state index contributed by atoms with van der Waals surface area (Å²) in [6.07, 6.45) is 3.15. The minimum Gasteiger partial charge on any atom is -0.337 e. The van der Waals surface area contributed by atoms with Crippen LogP contribution in [0.4, 0.5) is 8.78 Å². The Hall–Kier alpha value is -2.28. The van der Waals surface area contributed by atoms with Gasteiger partial charge in [-0.1, -0.05) is 6.07 Å². The minimum absolute atomic E-state index is 0.152. The molecule has 0 aliphatic carbocycles. The molecule has 7 heteroatoms. The van der Waals surface area contributed by atoms with Gasteiger partial charge in [0.25, 0.3) is 5.91 Å². The molecular formula is C16H18F2N4O. The molecule has 0 bridgehead atoms. The van der Waals surface area contributed by atoms with Gasteiger partial charge in [-0.25, -0.2) is 13.5 Å². The number of nitrogens with zero attached hydrogens (tertiary/aromatic N) is 3. The van der Waals surface area contributed by atoms with Crippen LogP contribution in [0.1, 0.15) is 23.3 Å². The maximum atomic E-state index is 13.8. The Morgan fingerprint density at radius 1 is 1.26 bits per heavy atom. The van der Waals surface area contributed by atoms with Crippen LogP contribution in [0.15, 0.2) is 30.5 Å². The van der Waals surface area contributed by atoms with E-state index in [1.807, 2.05) is 0 Å². The van der Waals surface area contributed by atoms with Gasteiger partial charge < -0.3 is 10.2 Å². The van der Waals surface area contributed by atoms with Crippen LogP contribution in [0, 0.1) is 11.6 Å². The fraction of sp³-hybridized carbons (Fsp3) is 0.375. The molecule has 122 valence electrons. The predicted octanol–water partition coefficient (Wildman–Crippen LogP) is 1.97. The van der Waals surface area contributed by atoms with E-state index in [-0.39, 0.29) is 23.3 Å². The molecule has 1 fully saturated rings. The zero-order valence-electron chi connectivity index (χ0n) is 12.8. The van der Waals surface area contributed by atoms with Gasteiger partial charge in [-0.2, -0.15) is 5.10 Å². The number of carbonyl (C=O) groups is 1. The van der Waals surface area contributed by atoms with Gasteiger partial charge in [0.2, 0.25) is 0 Å². The van der Waals surface area contributed by atoms with Crippen LogP contribution in [0.25, 0.3) is 5.69 Å². The second-order valence-electron chi connectivity index (χ2n) is 5.61. The third-order valence-corrected chi connectivity index (χ3v) is 4.15. The van der Waals surface area contributed by atoms with Gasteiger partial charge in [0.05, 0.1) is 0 Å². The SMILES string of the molecule is CN(C(=O)c1ccn(-c2c(F)cccc2F)n1)C1CCNCC1. The Kier molecular flexibility index (Phi) is 4.38. The van der Waals surface area contributed by atoms with Crippen molar-refractivity contribution >= 4 is 5.91 Å². The van der Waals surface area contributed by atoms with Gasteiger partial charge in [0.1, 0.15) is 5.69 Å². The Balaban J connectivity index is 1.82. The lowest BCUT2D eigenvalue weighted by molar-refractivity contribution is 0.0696. The summed E-state index contributed by atoms with van der Waals surface area (Å²) < 4.78 is 28.6. The molecule has 1 amide bonds. The quantitative estimate of drug-likeness (QED) is 0.941. The molecule has 0 atom stereocenters. The highest BCUT2D eigenvalue weighted by atomic mass is 19.1. The first-order valence-electron chi connectivity index (χ1n) is 7.56. The highest BCUT2D eigenvalue weighted by Gasteiger charge is 2.24. The van der Waals surface area contributed by atoms with E-state index in [4.69, 9.17) is 0 Å². The van der Waals surface area contributed by atoms with Crippen LogP contribution in [0.5, 0.6) is 0 Å². The smallest absolute Gasteiger partial charge is 0.274 e. The number of hydrogen-bond acceptors (Lipinski definition) is 3. The van der Waals surface area contributed by atoms with Gasteiger partial charge in [-0.15, -0.1) is 0 Å². The highest BCUT2D eigenvalue weighted by molar-refractivity contribution is 5.92. The third kappa shape index (κ3) is 3.10. The molecule has 2 aromatic rings. The van der Waals surface area contributed by atoms with E-state index in [0.29, 0.717) is 0 Å². The van der Waals surface area contributed by atoms with Crippen molar-refractivity contribution in [2.75, 3.05) is 20.1 Å². The fourth-order valence-electron chi connectivity index (χ4n) is 2.81. The maximum Gasteiger partial charge on any atom is 0.274 e. The van der Waals surface area contributed by atoms with Gasteiger partial charge >= 0.3 is 0 Å². The molecule has 1 aliphatic rings. The van der Waals surface area contributed by atoms with E-state index in [0.717, 1.165) is 42.7 Å². The van der Waals surface area contributed by atoms with Crippen molar-refractivity contribution < 1.29 is 13.6 Å². The number of aromatic nitrogens is 2. The van der Waals surface area contributed by atoms with Crippen LogP contribution in [0.2, 0.25) is 0 Å². The number of para-hydroxylation sites is 1. The Bertz CT molecular complexity index is 690. The van der Waals surface area contributed by atoms with Crippen molar-refractivity contribution in [1.82, 2.24) is 20.0 Å². The van der Waals surface area contributed by atoms with Gasteiger partial charge in [0.15, 0.2) is 17.3 Å². The van der Waals surface area contributed by atoms with Gasteiger partial charge in [-0.3, -0.25) is 4.79 Å². The summed E-state index contributed by atoms with van der Waals surface area (Å²) in [5.41, 5.74) is -0.107. The van der Waals surface area contributed by atoms with Crippen molar-refractivity contribution in [2.45, 2.75) is 18.9 Å². The topological polar surface area (TPSA) is 50.2 Å². The molecule has 0 radical (unpaired) electrons. The molecule has 1 aromatic carbocycles. The highest BCUT2D eigenvalue weighted by Crippen LogP contribution is 2.18. The van der Waals surface area contributed by atoms with Crippen molar-refractivity contribution in [1.29, 1.82) is 0 Å². The van der Waals surface area contributed by atoms with E-state index in [1.54, 1.807) is 11.9 Å². The molecule has 0 spiro atoms. The first-order chi connectivity index (χ1) is 11.1. The van der Waals surface area contributed by atoms with Crippen LogP contribution >= 0.6 is 0 Å². The number of halogens is 2. The third-order valence-electron chi connectivity index (χ3n) is 4.15. The van der Waals surface area contributed by atoms with E-state index >= 15 is 0 Å².